The lowest BCUT2D eigenvalue weighted by Gasteiger charge is -2.35. The number of hydrogen-bond acceptors (Lipinski definition) is 1. The molecule has 0 N–H and O–H groups in total. The van der Waals surface area contributed by atoms with Crippen LogP contribution < -0.4 is 0 Å². The van der Waals surface area contributed by atoms with Gasteiger partial charge in [0.25, 0.3) is 0 Å². The van der Waals surface area contributed by atoms with E-state index in [1.54, 1.807) is 0 Å². The number of nitrogens with zero attached hydrogens (tertiary/aromatic N) is 1. The Hall–Kier alpha value is -0.560. The van der Waals surface area contributed by atoms with Crippen molar-refractivity contribution in [1.29, 1.82) is 5.26 Å². The van der Waals surface area contributed by atoms with Crippen LogP contribution in [0.5, 0.6) is 0 Å². The van der Waals surface area contributed by atoms with E-state index in [2.05, 4.69) is 52.9 Å². The highest BCUT2D eigenvalue weighted by atomic mass is 127. The van der Waals surface area contributed by atoms with Crippen molar-refractivity contribution in [3.8, 4) is 6.07 Å². The topological polar surface area (TPSA) is 23.8 Å². The molecular formula is C11H10IN. The molecule has 1 fully saturated rings. The second-order valence-corrected chi connectivity index (χ2v) is 4.80. The first kappa shape index (κ1) is 9.01. The van der Waals surface area contributed by atoms with E-state index in [9.17, 15) is 0 Å². The van der Waals surface area contributed by atoms with E-state index in [0.717, 1.165) is 12.8 Å². The van der Waals surface area contributed by atoms with Crippen LogP contribution in [-0.2, 0) is 5.41 Å². The molecule has 13 heavy (non-hydrogen) atoms. The molecule has 2 rings (SSSR count). The Bertz CT molecular complexity index is 343. The Morgan fingerprint density at radius 1 is 1.23 bits per heavy atom. The van der Waals surface area contributed by atoms with Gasteiger partial charge in [0.1, 0.15) is 0 Å². The summed E-state index contributed by atoms with van der Waals surface area (Å²) < 4.78 is 1.23. The van der Waals surface area contributed by atoms with Crippen LogP contribution in [0.25, 0.3) is 0 Å². The van der Waals surface area contributed by atoms with Crippen molar-refractivity contribution in [1.82, 2.24) is 0 Å². The average Bonchev–Trinajstić information content (AvgIpc) is 2.07. The fourth-order valence-corrected chi connectivity index (χ4v) is 2.12. The third-order valence-corrected chi connectivity index (χ3v) is 3.54. The Labute approximate surface area is 91.9 Å². The quantitative estimate of drug-likeness (QED) is 0.726. The minimum absolute atomic E-state index is 0.148. The molecule has 2 heteroatoms. The van der Waals surface area contributed by atoms with Gasteiger partial charge in [-0.15, -0.1) is 0 Å². The van der Waals surface area contributed by atoms with E-state index in [4.69, 9.17) is 5.26 Å². The van der Waals surface area contributed by atoms with Crippen molar-refractivity contribution < 1.29 is 0 Å². The molecular weight excluding hydrogens is 273 g/mol. The summed E-state index contributed by atoms with van der Waals surface area (Å²) in [4.78, 5) is 0. The monoisotopic (exact) mass is 283 g/mol. The summed E-state index contributed by atoms with van der Waals surface area (Å²) in [6.45, 7) is 0. The largest absolute Gasteiger partial charge is 0.197 e. The van der Waals surface area contributed by atoms with E-state index in [1.807, 2.05) is 0 Å². The molecule has 0 atom stereocenters. The fraction of sp³-hybridized carbons (Fsp3) is 0.364. The van der Waals surface area contributed by atoms with Crippen LogP contribution in [-0.4, -0.2) is 0 Å². The Morgan fingerprint density at radius 3 is 2.23 bits per heavy atom. The number of hydrogen-bond donors (Lipinski definition) is 0. The number of nitriles is 1. The summed E-state index contributed by atoms with van der Waals surface area (Å²) in [7, 11) is 0. The molecule has 1 aromatic rings. The molecule has 0 radical (unpaired) electrons. The van der Waals surface area contributed by atoms with Crippen molar-refractivity contribution in [3.05, 3.63) is 33.4 Å². The van der Waals surface area contributed by atoms with Crippen LogP contribution in [0.3, 0.4) is 0 Å². The van der Waals surface area contributed by atoms with Crippen LogP contribution in [0.15, 0.2) is 24.3 Å². The zero-order chi connectivity index (χ0) is 9.31. The molecule has 66 valence electrons. The molecule has 1 aliphatic rings. The lowest BCUT2D eigenvalue weighted by Crippen LogP contribution is -2.32. The third kappa shape index (κ3) is 1.46. The van der Waals surface area contributed by atoms with Gasteiger partial charge in [0, 0.05) is 3.57 Å². The normalized spacial score (nSPS) is 18.8. The van der Waals surface area contributed by atoms with Gasteiger partial charge in [-0.3, -0.25) is 0 Å². The van der Waals surface area contributed by atoms with Gasteiger partial charge >= 0.3 is 0 Å². The standard InChI is InChI=1S/C11H10IN/c12-10-4-2-9(3-5-10)11(8-13)6-1-7-11/h2-5H,1,6-7H2. The summed E-state index contributed by atoms with van der Waals surface area (Å²) in [5.41, 5.74) is 1.05. The summed E-state index contributed by atoms with van der Waals surface area (Å²) in [5, 5.41) is 9.11. The fourth-order valence-electron chi connectivity index (χ4n) is 1.76. The molecule has 0 heterocycles. The summed E-state index contributed by atoms with van der Waals surface area (Å²) in [6, 6.07) is 10.8. The zero-order valence-electron chi connectivity index (χ0n) is 7.26. The molecule has 1 aliphatic carbocycles. The van der Waals surface area contributed by atoms with Gasteiger partial charge in [0.05, 0.1) is 11.5 Å². The van der Waals surface area contributed by atoms with Crippen LogP contribution >= 0.6 is 22.6 Å². The van der Waals surface area contributed by atoms with Gasteiger partial charge in [0.2, 0.25) is 0 Å². The summed E-state index contributed by atoms with van der Waals surface area (Å²) >= 11 is 2.28. The van der Waals surface area contributed by atoms with Gasteiger partial charge in [-0.05, 0) is 59.5 Å². The second-order valence-electron chi connectivity index (χ2n) is 3.55. The van der Waals surface area contributed by atoms with E-state index < -0.39 is 0 Å². The molecule has 1 aromatic carbocycles. The Morgan fingerprint density at radius 2 is 1.85 bits per heavy atom. The average molecular weight is 283 g/mol. The molecule has 0 amide bonds. The second kappa shape index (κ2) is 3.30. The lowest BCUT2D eigenvalue weighted by atomic mass is 9.66. The van der Waals surface area contributed by atoms with Crippen LogP contribution in [0.2, 0.25) is 0 Å². The van der Waals surface area contributed by atoms with Crippen molar-refractivity contribution in [2.75, 3.05) is 0 Å². The zero-order valence-corrected chi connectivity index (χ0v) is 9.41. The van der Waals surface area contributed by atoms with Gasteiger partial charge < -0.3 is 0 Å². The summed E-state index contributed by atoms with van der Waals surface area (Å²) in [6.07, 6.45) is 3.26. The van der Waals surface area contributed by atoms with Gasteiger partial charge in [0.15, 0.2) is 0 Å². The first-order chi connectivity index (χ1) is 6.27. The molecule has 0 aliphatic heterocycles. The molecule has 0 unspecified atom stereocenters. The minimum Gasteiger partial charge on any atom is -0.197 e. The highest BCUT2D eigenvalue weighted by molar-refractivity contribution is 14.1. The highest BCUT2D eigenvalue weighted by Gasteiger charge is 2.38. The van der Waals surface area contributed by atoms with Gasteiger partial charge in [-0.2, -0.15) is 5.26 Å². The maximum Gasteiger partial charge on any atom is 0.0822 e. The molecule has 0 aromatic heterocycles. The Balaban J connectivity index is 2.35. The Kier molecular flexibility index (Phi) is 2.29. The van der Waals surface area contributed by atoms with Crippen molar-refractivity contribution >= 4 is 22.6 Å². The van der Waals surface area contributed by atoms with Crippen molar-refractivity contribution in [2.24, 2.45) is 0 Å². The first-order valence-corrected chi connectivity index (χ1v) is 5.52. The van der Waals surface area contributed by atoms with E-state index in [0.29, 0.717) is 0 Å². The molecule has 0 saturated heterocycles. The van der Waals surface area contributed by atoms with Crippen LogP contribution in [0.4, 0.5) is 0 Å². The van der Waals surface area contributed by atoms with Gasteiger partial charge in [-0.25, -0.2) is 0 Å². The van der Waals surface area contributed by atoms with Crippen molar-refractivity contribution in [3.63, 3.8) is 0 Å². The summed E-state index contributed by atoms with van der Waals surface area (Å²) in [5.74, 6) is 0. The van der Waals surface area contributed by atoms with E-state index >= 15 is 0 Å². The predicted molar refractivity (Wildman–Crippen MR) is 60.3 cm³/mol. The van der Waals surface area contributed by atoms with E-state index in [-0.39, 0.29) is 5.41 Å². The van der Waals surface area contributed by atoms with Gasteiger partial charge in [-0.1, -0.05) is 12.1 Å². The molecule has 1 nitrogen and oxygen atoms in total. The van der Waals surface area contributed by atoms with E-state index in [1.165, 1.54) is 15.6 Å². The number of halogens is 1. The predicted octanol–water partition coefficient (Wildman–Crippen LogP) is 3.24. The molecule has 1 saturated carbocycles. The lowest BCUT2D eigenvalue weighted by molar-refractivity contribution is 0.324. The number of benzene rings is 1. The maximum atomic E-state index is 9.11. The van der Waals surface area contributed by atoms with Crippen LogP contribution in [0, 0.1) is 14.9 Å². The number of rotatable bonds is 1. The SMILES string of the molecule is N#CC1(c2ccc(I)cc2)CCC1. The smallest absolute Gasteiger partial charge is 0.0822 e. The highest BCUT2D eigenvalue weighted by Crippen LogP contribution is 2.42. The first-order valence-electron chi connectivity index (χ1n) is 4.44. The minimum atomic E-state index is -0.148. The third-order valence-electron chi connectivity index (χ3n) is 2.82. The van der Waals surface area contributed by atoms with Crippen molar-refractivity contribution in [2.45, 2.75) is 24.7 Å². The molecule has 0 spiro atoms. The van der Waals surface area contributed by atoms with Crippen LogP contribution in [0.1, 0.15) is 24.8 Å². The maximum absolute atomic E-state index is 9.11. The molecule has 0 bridgehead atoms.